The van der Waals surface area contributed by atoms with Gasteiger partial charge < -0.3 is 0 Å². The van der Waals surface area contributed by atoms with Gasteiger partial charge >= 0.3 is 0 Å². The van der Waals surface area contributed by atoms with E-state index in [2.05, 4.69) is 4.18 Å². The van der Waals surface area contributed by atoms with E-state index in [0.29, 0.717) is 6.61 Å². The number of unbranched alkanes of at least 4 members (excludes halogenated alkanes) is 1. The van der Waals surface area contributed by atoms with Gasteiger partial charge in [-0.15, -0.1) is 0 Å². The lowest BCUT2D eigenvalue weighted by Crippen LogP contribution is -1.89. The Balaban J connectivity index is 2.94. The van der Waals surface area contributed by atoms with Crippen molar-refractivity contribution in [2.45, 2.75) is 19.8 Å². The molecule has 0 aliphatic rings. The van der Waals surface area contributed by atoms with Gasteiger partial charge in [0.05, 0.1) is 6.61 Å². The summed E-state index contributed by atoms with van der Waals surface area (Å²) in [5, 5.41) is 0. The standard InChI is InChI=1S/C4H10O3S/c1-2-3-4-7-8(5)6/h8H,2-4H2,1H3. The van der Waals surface area contributed by atoms with Crippen LogP contribution in [-0.2, 0) is 15.2 Å². The molecule has 0 aliphatic carbocycles. The Morgan fingerprint density at radius 1 is 1.50 bits per heavy atom. The van der Waals surface area contributed by atoms with E-state index in [1.165, 1.54) is 0 Å². The van der Waals surface area contributed by atoms with Gasteiger partial charge in [0.25, 0.3) is 11.0 Å². The van der Waals surface area contributed by atoms with Crippen molar-refractivity contribution in [1.82, 2.24) is 0 Å². The van der Waals surface area contributed by atoms with Crippen molar-refractivity contribution in [3.05, 3.63) is 0 Å². The monoisotopic (exact) mass is 138 g/mol. The van der Waals surface area contributed by atoms with E-state index < -0.39 is 11.0 Å². The van der Waals surface area contributed by atoms with Crippen LogP contribution in [0.25, 0.3) is 0 Å². The fraction of sp³-hybridized carbons (Fsp3) is 1.00. The molecule has 0 spiro atoms. The predicted octanol–water partition coefficient (Wildman–Crippen LogP) is 0.330. The summed E-state index contributed by atoms with van der Waals surface area (Å²) < 4.78 is 23.6. The molecule has 0 N–H and O–H groups in total. The van der Waals surface area contributed by atoms with E-state index >= 15 is 0 Å². The van der Waals surface area contributed by atoms with E-state index in [1.54, 1.807) is 0 Å². The molecular formula is C4H10O3S. The lowest BCUT2D eigenvalue weighted by atomic mass is 10.4. The molecule has 0 aromatic rings. The molecule has 4 heteroatoms. The molecular weight excluding hydrogens is 128 g/mol. The number of rotatable bonds is 4. The van der Waals surface area contributed by atoms with Gasteiger partial charge in [0, 0.05) is 0 Å². The van der Waals surface area contributed by atoms with Crippen LogP contribution >= 0.6 is 0 Å². The second-order valence-electron chi connectivity index (χ2n) is 1.41. The lowest BCUT2D eigenvalue weighted by molar-refractivity contribution is 0.325. The third-order valence-corrected chi connectivity index (χ3v) is 1.09. The minimum absolute atomic E-state index is 0.329. The highest BCUT2D eigenvalue weighted by molar-refractivity contribution is 7.67. The van der Waals surface area contributed by atoms with Gasteiger partial charge in [-0.2, -0.15) is 0 Å². The minimum atomic E-state index is -2.61. The highest BCUT2D eigenvalue weighted by Crippen LogP contribution is 1.86. The van der Waals surface area contributed by atoms with E-state index in [1.807, 2.05) is 6.92 Å². The molecule has 0 fully saturated rings. The van der Waals surface area contributed by atoms with Crippen LogP contribution in [0.4, 0.5) is 0 Å². The Morgan fingerprint density at radius 3 is 2.50 bits per heavy atom. The molecule has 0 heterocycles. The van der Waals surface area contributed by atoms with Gasteiger partial charge in [-0.25, -0.2) is 8.42 Å². The molecule has 50 valence electrons. The average molecular weight is 138 g/mol. The normalized spacial score (nSPS) is 10.2. The fourth-order valence-corrected chi connectivity index (χ4v) is 0.562. The molecule has 0 unspecified atom stereocenters. The minimum Gasteiger partial charge on any atom is -0.272 e. The summed E-state index contributed by atoms with van der Waals surface area (Å²) in [6, 6.07) is 0. The first-order valence-corrected chi connectivity index (χ1v) is 3.64. The van der Waals surface area contributed by atoms with E-state index in [4.69, 9.17) is 0 Å². The van der Waals surface area contributed by atoms with Gasteiger partial charge in [0.2, 0.25) is 0 Å². The van der Waals surface area contributed by atoms with Crippen LogP contribution in [0.15, 0.2) is 0 Å². The highest BCUT2D eigenvalue weighted by atomic mass is 32.2. The van der Waals surface area contributed by atoms with Crippen molar-refractivity contribution in [2.24, 2.45) is 0 Å². The molecule has 0 rings (SSSR count). The van der Waals surface area contributed by atoms with Gasteiger partial charge in [-0.1, -0.05) is 13.3 Å². The third kappa shape index (κ3) is 5.91. The fourth-order valence-electron chi connectivity index (χ4n) is 0.283. The molecule has 8 heavy (non-hydrogen) atoms. The number of hydrogen-bond acceptors (Lipinski definition) is 3. The molecule has 0 saturated carbocycles. The Hall–Kier alpha value is -0.0900. The van der Waals surface area contributed by atoms with Crippen molar-refractivity contribution in [3.8, 4) is 0 Å². The van der Waals surface area contributed by atoms with Gasteiger partial charge in [0.15, 0.2) is 0 Å². The first-order valence-electron chi connectivity index (χ1n) is 2.54. The summed E-state index contributed by atoms with van der Waals surface area (Å²) in [4.78, 5) is 0. The molecule has 3 nitrogen and oxygen atoms in total. The Morgan fingerprint density at radius 2 is 2.12 bits per heavy atom. The third-order valence-electron chi connectivity index (χ3n) is 0.695. The predicted molar refractivity (Wildman–Crippen MR) is 31.2 cm³/mol. The molecule has 0 saturated heterocycles. The van der Waals surface area contributed by atoms with Gasteiger partial charge in [0.1, 0.15) is 0 Å². The molecule has 0 bridgehead atoms. The summed E-state index contributed by atoms with van der Waals surface area (Å²) >= 11 is 0. The summed E-state index contributed by atoms with van der Waals surface area (Å²) in [5.74, 6) is 0. The van der Waals surface area contributed by atoms with E-state index in [0.717, 1.165) is 12.8 Å². The van der Waals surface area contributed by atoms with Crippen LogP contribution in [0.5, 0.6) is 0 Å². The summed E-state index contributed by atoms with van der Waals surface area (Å²) in [6.45, 7) is 2.30. The van der Waals surface area contributed by atoms with Crippen LogP contribution < -0.4 is 0 Å². The summed E-state index contributed by atoms with van der Waals surface area (Å²) in [6.07, 6.45) is 1.77. The highest BCUT2D eigenvalue weighted by Gasteiger charge is 1.83. The Kier molecular flexibility index (Phi) is 5.00. The van der Waals surface area contributed by atoms with E-state index in [-0.39, 0.29) is 0 Å². The zero-order valence-corrected chi connectivity index (χ0v) is 5.69. The Labute approximate surface area is 50.8 Å². The quantitative estimate of drug-likeness (QED) is 0.449. The topological polar surface area (TPSA) is 43.4 Å². The molecule has 0 atom stereocenters. The average Bonchev–Trinajstić information content (AvgIpc) is 1.66. The number of thiol groups is 1. The maximum absolute atomic E-state index is 9.69. The SMILES string of the molecule is CCCCO[SH](=O)=O. The number of hydrogen-bond donors (Lipinski definition) is 1. The summed E-state index contributed by atoms with van der Waals surface area (Å²) in [7, 11) is -2.61. The summed E-state index contributed by atoms with van der Waals surface area (Å²) in [5.41, 5.74) is 0. The lowest BCUT2D eigenvalue weighted by Gasteiger charge is -1.89. The molecule has 0 aromatic heterocycles. The second kappa shape index (κ2) is 5.05. The largest absolute Gasteiger partial charge is 0.272 e. The maximum Gasteiger partial charge on any atom is 0.257 e. The van der Waals surface area contributed by atoms with E-state index in [9.17, 15) is 8.42 Å². The van der Waals surface area contributed by atoms with Crippen LogP contribution in [0.3, 0.4) is 0 Å². The zero-order valence-electron chi connectivity index (χ0n) is 4.79. The molecule has 0 aromatic carbocycles. The molecule has 0 amide bonds. The van der Waals surface area contributed by atoms with Crippen LogP contribution in [0, 0.1) is 0 Å². The maximum atomic E-state index is 9.69. The smallest absolute Gasteiger partial charge is 0.257 e. The van der Waals surface area contributed by atoms with Crippen LogP contribution in [-0.4, -0.2) is 15.0 Å². The molecule has 0 aliphatic heterocycles. The van der Waals surface area contributed by atoms with Crippen molar-refractivity contribution in [1.29, 1.82) is 0 Å². The van der Waals surface area contributed by atoms with Crippen molar-refractivity contribution < 1.29 is 12.6 Å². The van der Waals surface area contributed by atoms with Crippen LogP contribution in [0.1, 0.15) is 19.8 Å². The Bertz CT molecular complexity index is 99.9. The van der Waals surface area contributed by atoms with Gasteiger partial charge in [-0.3, -0.25) is 4.18 Å². The first-order chi connectivity index (χ1) is 3.77. The van der Waals surface area contributed by atoms with Crippen molar-refractivity contribution >= 4 is 11.0 Å². The van der Waals surface area contributed by atoms with Crippen molar-refractivity contribution in [2.75, 3.05) is 6.61 Å². The zero-order chi connectivity index (χ0) is 6.41. The van der Waals surface area contributed by atoms with Crippen molar-refractivity contribution in [3.63, 3.8) is 0 Å². The van der Waals surface area contributed by atoms with Crippen LogP contribution in [0.2, 0.25) is 0 Å². The second-order valence-corrected chi connectivity index (χ2v) is 2.12. The molecule has 0 radical (unpaired) electrons. The van der Waals surface area contributed by atoms with Gasteiger partial charge in [-0.05, 0) is 6.42 Å². The first kappa shape index (κ1) is 7.91.